The highest BCUT2D eigenvalue weighted by Crippen LogP contribution is 2.30. The third-order valence-corrected chi connectivity index (χ3v) is 6.63. The van der Waals surface area contributed by atoms with Crippen molar-refractivity contribution in [1.29, 1.82) is 0 Å². The van der Waals surface area contributed by atoms with Gasteiger partial charge in [0.05, 0.1) is 24.0 Å². The van der Waals surface area contributed by atoms with E-state index in [1.807, 2.05) is 0 Å². The molecule has 1 atom stereocenters. The van der Waals surface area contributed by atoms with E-state index in [9.17, 15) is 13.2 Å². The Hall–Kier alpha value is -2.23. The molecule has 26 heavy (non-hydrogen) atoms. The van der Waals surface area contributed by atoms with Gasteiger partial charge in [0.25, 0.3) is 5.91 Å². The molecular formula is C17H20N4O4S. The third-order valence-electron chi connectivity index (χ3n) is 4.78. The molecular weight excluding hydrogens is 356 g/mol. The number of nitrogens with zero attached hydrogens (tertiary/aromatic N) is 3. The van der Waals surface area contributed by atoms with Gasteiger partial charge >= 0.3 is 0 Å². The first-order valence-corrected chi connectivity index (χ1v) is 9.94. The molecule has 4 rings (SSSR count). The Morgan fingerprint density at radius 3 is 2.96 bits per heavy atom. The van der Waals surface area contributed by atoms with Gasteiger partial charge in [-0.2, -0.15) is 4.31 Å². The summed E-state index contributed by atoms with van der Waals surface area (Å²) in [4.78, 5) is 17.1. The van der Waals surface area contributed by atoms with E-state index >= 15 is 0 Å². The van der Waals surface area contributed by atoms with Gasteiger partial charge in [-0.05, 0) is 25.0 Å². The van der Waals surface area contributed by atoms with Gasteiger partial charge in [0, 0.05) is 20.2 Å². The van der Waals surface area contributed by atoms with Crippen LogP contribution in [-0.4, -0.2) is 54.5 Å². The molecule has 1 fully saturated rings. The van der Waals surface area contributed by atoms with Gasteiger partial charge < -0.3 is 10.1 Å². The molecule has 0 spiro atoms. The fraction of sp³-hybridized carbons (Fsp3) is 0.412. The number of rotatable bonds is 3. The van der Waals surface area contributed by atoms with E-state index in [0.717, 1.165) is 19.4 Å². The second kappa shape index (κ2) is 6.49. The quantitative estimate of drug-likeness (QED) is 0.860. The molecule has 2 aliphatic rings. The first kappa shape index (κ1) is 17.2. The Morgan fingerprint density at radius 1 is 1.38 bits per heavy atom. The fourth-order valence-corrected chi connectivity index (χ4v) is 4.67. The summed E-state index contributed by atoms with van der Waals surface area (Å²) < 4.78 is 33.9. The van der Waals surface area contributed by atoms with Crippen molar-refractivity contribution in [3.8, 4) is 5.69 Å². The number of carbonyl (C=O) groups is 1. The molecule has 2 aliphatic heterocycles. The summed E-state index contributed by atoms with van der Waals surface area (Å²) in [6.07, 6.45) is 3.46. The normalized spacial score (nSPS) is 21.7. The van der Waals surface area contributed by atoms with Gasteiger partial charge in [0.15, 0.2) is 5.69 Å². The Bertz CT molecular complexity index is 947. The lowest BCUT2D eigenvalue weighted by molar-refractivity contribution is 0.0853. The summed E-state index contributed by atoms with van der Waals surface area (Å²) in [5.74, 6) is -0.320. The number of aromatic nitrogens is 2. The number of imidazole rings is 1. The molecule has 1 saturated heterocycles. The van der Waals surface area contributed by atoms with Crippen LogP contribution in [0.25, 0.3) is 5.69 Å². The fourth-order valence-electron chi connectivity index (χ4n) is 3.36. The lowest BCUT2D eigenvalue weighted by Crippen LogP contribution is -2.33. The third kappa shape index (κ3) is 2.81. The van der Waals surface area contributed by atoms with E-state index in [1.165, 1.54) is 17.7 Å². The smallest absolute Gasteiger partial charge is 0.271 e. The molecule has 0 aliphatic carbocycles. The van der Waals surface area contributed by atoms with Crippen LogP contribution in [0.4, 0.5) is 0 Å². The van der Waals surface area contributed by atoms with Crippen LogP contribution in [0.1, 0.15) is 29.0 Å². The van der Waals surface area contributed by atoms with Gasteiger partial charge in [-0.15, -0.1) is 0 Å². The van der Waals surface area contributed by atoms with Crippen LogP contribution in [0.5, 0.6) is 0 Å². The maximum Gasteiger partial charge on any atom is 0.271 e. The topological polar surface area (TPSA) is 93.5 Å². The lowest BCUT2D eigenvalue weighted by Gasteiger charge is -2.15. The zero-order chi connectivity index (χ0) is 18.3. The average molecular weight is 376 g/mol. The summed E-state index contributed by atoms with van der Waals surface area (Å²) in [5.41, 5.74) is 1.28. The van der Waals surface area contributed by atoms with Crippen molar-refractivity contribution in [2.45, 2.75) is 30.4 Å². The first-order chi connectivity index (χ1) is 12.5. The van der Waals surface area contributed by atoms with Gasteiger partial charge in [0.1, 0.15) is 11.2 Å². The highest BCUT2D eigenvalue weighted by Gasteiger charge is 2.32. The van der Waals surface area contributed by atoms with Crippen molar-refractivity contribution in [2.24, 2.45) is 0 Å². The highest BCUT2D eigenvalue weighted by molar-refractivity contribution is 7.89. The minimum absolute atomic E-state index is 0.0314. The second-order valence-corrected chi connectivity index (χ2v) is 8.50. The van der Waals surface area contributed by atoms with Crippen LogP contribution in [0.2, 0.25) is 0 Å². The van der Waals surface area contributed by atoms with Crippen LogP contribution < -0.4 is 5.32 Å². The average Bonchev–Trinajstić information content (AvgIpc) is 3.28. The Balaban J connectivity index is 1.69. The predicted octanol–water partition coefficient (Wildman–Crippen LogP) is 0.915. The second-order valence-electron chi connectivity index (χ2n) is 6.48. The van der Waals surface area contributed by atoms with Gasteiger partial charge in [0.2, 0.25) is 10.0 Å². The zero-order valence-electron chi connectivity index (χ0n) is 14.4. The number of amides is 1. The molecule has 0 radical (unpaired) electrons. The molecule has 0 saturated carbocycles. The largest absolute Gasteiger partial charge is 0.376 e. The minimum atomic E-state index is -3.63. The Labute approximate surface area is 151 Å². The molecule has 1 unspecified atom stereocenters. The van der Waals surface area contributed by atoms with Crippen molar-refractivity contribution in [2.75, 3.05) is 20.2 Å². The number of carbonyl (C=O) groups excluding carboxylic acids is 1. The van der Waals surface area contributed by atoms with Crippen LogP contribution in [0.3, 0.4) is 0 Å². The molecule has 2 aromatic rings. The van der Waals surface area contributed by atoms with E-state index in [1.54, 1.807) is 28.8 Å². The molecule has 1 aromatic carbocycles. The zero-order valence-corrected chi connectivity index (χ0v) is 15.2. The summed E-state index contributed by atoms with van der Waals surface area (Å²) in [7, 11) is -2.13. The number of benzene rings is 1. The summed E-state index contributed by atoms with van der Waals surface area (Å²) in [5, 5.41) is 2.85. The Kier molecular flexibility index (Phi) is 4.29. The van der Waals surface area contributed by atoms with Crippen molar-refractivity contribution in [3.63, 3.8) is 0 Å². The van der Waals surface area contributed by atoms with Crippen LogP contribution in [0.15, 0.2) is 35.5 Å². The number of hydrogen-bond donors (Lipinski definition) is 1. The predicted molar refractivity (Wildman–Crippen MR) is 93.5 cm³/mol. The van der Waals surface area contributed by atoms with Crippen molar-refractivity contribution < 1.29 is 17.9 Å². The summed E-state index contributed by atoms with van der Waals surface area (Å²) in [6, 6.07) is 6.72. The molecule has 1 aromatic heterocycles. The van der Waals surface area contributed by atoms with Gasteiger partial charge in [-0.3, -0.25) is 9.36 Å². The van der Waals surface area contributed by atoms with Crippen molar-refractivity contribution in [3.05, 3.63) is 42.0 Å². The molecule has 138 valence electrons. The molecule has 1 N–H and O–H groups in total. The number of nitrogens with one attached hydrogen (secondary N) is 1. The molecule has 3 heterocycles. The van der Waals surface area contributed by atoms with Crippen molar-refractivity contribution in [1.82, 2.24) is 19.2 Å². The Morgan fingerprint density at radius 2 is 2.19 bits per heavy atom. The molecule has 8 nitrogen and oxygen atoms in total. The highest BCUT2D eigenvalue weighted by atomic mass is 32.2. The van der Waals surface area contributed by atoms with Gasteiger partial charge in [-0.25, -0.2) is 13.4 Å². The van der Waals surface area contributed by atoms with E-state index < -0.39 is 10.0 Å². The lowest BCUT2D eigenvalue weighted by atomic mass is 10.2. The minimum Gasteiger partial charge on any atom is -0.376 e. The first-order valence-electron chi connectivity index (χ1n) is 8.50. The molecule has 0 bridgehead atoms. The van der Waals surface area contributed by atoms with E-state index in [4.69, 9.17) is 4.74 Å². The number of ether oxygens (including phenoxy) is 1. The van der Waals surface area contributed by atoms with E-state index in [-0.39, 0.29) is 29.1 Å². The van der Waals surface area contributed by atoms with Gasteiger partial charge in [-0.1, -0.05) is 12.1 Å². The number of para-hydroxylation sites is 1. The standard InChI is InChI=1S/C17H20N4O4S/c1-20-10-14-16(17(22)18-9-12-5-4-8-25-12)19-11-21(14)13-6-2-3-7-15(13)26(20,23)24/h2-3,6-7,11-12H,4-5,8-10H2,1H3,(H,18,22). The monoisotopic (exact) mass is 376 g/mol. The molecule has 1 amide bonds. The van der Waals surface area contributed by atoms with Crippen LogP contribution in [-0.2, 0) is 21.3 Å². The number of fused-ring (bicyclic) bond motifs is 3. The van der Waals surface area contributed by atoms with Crippen molar-refractivity contribution >= 4 is 15.9 Å². The van der Waals surface area contributed by atoms with E-state index in [2.05, 4.69) is 10.3 Å². The maximum atomic E-state index is 12.7. The molecule has 9 heteroatoms. The summed E-state index contributed by atoms with van der Waals surface area (Å²) in [6.45, 7) is 1.22. The maximum absolute atomic E-state index is 12.7. The van der Waals surface area contributed by atoms with Crippen LogP contribution >= 0.6 is 0 Å². The van der Waals surface area contributed by atoms with E-state index in [0.29, 0.717) is 17.9 Å². The number of sulfonamides is 1. The van der Waals surface area contributed by atoms with Crippen LogP contribution in [0, 0.1) is 0 Å². The summed E-state index contributed by atoms with van der Waals surface area (Å²) >= 11 is 0. The SMILES string of the molecule is CN1Cc2c(C(=O)NCC3CCCO3)ncn2-c2ccccc2S1(=O)=O. The number of hydrogen-bond acceptors (Lipinski definition) is 5.